The molecule has 1 aromatic carbocycles. The van der Waals surface area contributed by atoms with Crippen molar-refractivity contribution in [1.29, 1.82) is 0 Å². The number of hydrogen-bond acceptors (Lipinski definition) is 3. The summed E-state index contributed by atoms with van der Waals surface area (Å²) >= 11 is 3.33. The fourth-order valence-corrected chi connectivity index (χ4v) is 3.56. The molecule has 1 heterocycles. The quantitative estimate of drug-likeness (QED) is 0.614. The SMILES string of the molecule is OB(O)c1c(I)sc2cccc(F)c12. The highest BCUT2D eigenvalue weighted by molar-refractivity contribution is 14.1. The van der Waals surface area contributed by atoms with E-state index in [1.54, 1.807) is 12.1 Å². The average molecular weight is 322 g/mol. The Morgan fingerprint density at radius 1 is 1.36 bits per heavy atom. The molecule has 0 fully saturated rings. The second kappa shape index (κ2) is 3.76. The summed E-state index contributed by atoms with van der Waals surface area (Å²) in [5.74, 6) is -0.412. The van der Waals surface area contributed by atoms with Gasteiger partial charge in [0.2, 0.25) is 0 Å². The number of halogens is 2. The predicted octanol–water partition coefficient (Wildman–Crippen LogP) is 1.32. The number of rotatable bonds is 1. The lowest BCUT2D eigenvalue weighted by molar-refractivity contribution is 0.426. The summed E-state index contributed by atoms with van der Waals surface area (Å²) in [6.07, 6.45) is 0. The van der Waals surface area contributed by atoms with Crippen LogP contribution in [-0.4, -0.2) is 17.2 Å². The largest absolute Gasteiger partial charge is 0.491 e. The minimum Gasteiger partial charge on any atom is -0.423 e. The second-order valence-electron chi connectivity index (χ2n) is 2.78. The maximum absolute atomic E-state index is 13.4. The first kappa shape index (κ1) is 10.3. The molecule has 2 N–H and O–H groups in total. The Morgan fingerprint density at radius 3 is 2.71 bits per heavy atom. The van der Waals surface area contributed by atoms with E-state index in [0.29, 0.717) is 8.27 Å². The first-order chi connectivity index (χ1) is 6.61. The molecule has 0 spiro atoms. The highest BCUT2D eigenvalue weighted by atomic mass is 127. The van der Waals surface area contributed by atoms with E-state index in [4.69, 9.17) is 10.0 Å². The van der Waals surface area contributed by atoms with Gasteiger partial charge in [-0.2, -0.15) is 0 Å². The minimum atomic E-state index is -1.62. The van der Waals surface area contributed by atoms with Gasteiger partial charge >= 0.3 is 7.12 Å². The summed E-state index contributed by atoms with van der Waals surface area (Å²) in [6, 6.07) is 4.69. The van der Waals surface area contributed by atoms with Crippen molar-refractivity contribution in [3.05, 3.63) is 26.9 Å². The molecule has 0 radical (unpaired) electrons. The van der Waals surface area contributed by atoms with Gasteiger partial charge in [-0.15, -0.1) is 11.3 Å². The van der Waals surface area contributed by atoms with E-state index in [0.717, 1.165) is 4.70 Å². The predicted molar refractivity (Wildman–Crippen MR) is 64.3 cm³/mol. The van der Waals surface area contributed by atoms with Crippen LogP contribution in [0.1, 0.15) is 0 Å². The molecule has 2 aromatic rings. The second-order valence-corrected chi connectivity index (χ2v) is 5.64. The van der Waals surface area contributed by atoms with E-state index in [1.165, 1.54) is 17.4 Å². The third-order valence-electron chi connectivity index (χ3n) is 1.91. The topological polar surface area (TPSA) is 40.5 Å². The van der Waals surface area contributed by atoms with Crippen molar-refractivity contribution in [1.82, 2.24) is 0 Å². The Labute approximate surface area is 97.7 Å². The van der Waals surface area contributed by atoms with Gasteiger partial charge < -0.3 is 10.0 Å². The Hall–Kier alpha value is -0.175. The molecule has 72 valence electrons. The third kappa shape index (κ3) is 1.56. The molecule has 2 nitrogen and oxygen atoms in total. The lowest BCUT2D eigenvalue weighted by Gasteiger charge is -1.98. The van der Waals surface area contributed by atoms with Crippen LogP contribution in [-0.2, 0) is 0 Å². The first-order valence-electron chi connectivity index (χ1n) is 3.84. The highest BCUT2D eigenvalue weighted by Crippen LogP contribution is 2.26. The van der Waals surface area contributed by atoms with Crippen LogP contribution in [0.2, 0.25) is 0 Å². The van der Waals surface area contributed by atoms with Crippen molar-refractivity contribution in [2.75, 3.05) is 0 Å². The molecule has 0 aliphatic rings. The smallest absolute Gasteiger partial charge is 0.423 e. The maximum Gasteiger partial charge on any atom is 0.491 e. The lowest BCUT2D eigenvalue weighted by atomic mass is 9.80. The van der Waals surface area contributed by atoms with Crippen molar-refractivity contribution < 1.29 is 14.4 Å². The molecule has 0 aliphatic heterocycles. The highest BCUT2D eigenvalue weighted by Gasteiger charge is 2.23. The van der Waals surface area contributed by atoms with Crippen molar-refractivity contribution in [2.24, 2.45) is 0 Å². The maximum atomic E-state index is 13.4. The zero-order valence-electron chi connectivity index (χ0n) is 6.87. The van der Waals surface area contributed by atoms with Crippen molar-refractivity contribution >= 4 is 56.6 Å². The van der Waals surface area contributed by atoms with E-state index in [9.17, 15) is 4.39 Å². The number of hydrogen-bond donors (Lipinski definition) is 2. The van der Waals surface area contributed by atoms with Crippen LogP contribution >= 0.6 is 33.9 Å². The van der Waals surface area contributed by atoms with Crippen LogP contribution in [0.15, 0.2) is 18.2 Å². The van der Waals surface area contributed by atoms with Crippen LogP contribution in [0, 0.1) is 8.70 Å². The molecule has 6 heteroatoms. The Bertz CT molecular complexity index is 485. The molecule has 0 saturated carbocycles. The van der Waals surface area contributed by atoms with Crippen LogP contribution in [0.4, 0.5) is 4.39 Å². The minimum absolute atomic E-state index is 0.267. The molecule has 0 atom stereocenters. The van der Waals surface area contributed by atoms with Gasteiger partial charge in [-0.3, -0.25) is 0 Å². The van der Waals surface area contributed by atoms with Crippen LogP contribution < -0.4 is 5.46 Å². The molecule has 0 saturated heterocycles. The molecule has 0 aliphatic carbocycles. The molecule has 0 amide bonds. The van der Waals surface area contributed by atoms with Gasteiger partial charge in [-0.05, 0) is 34.7 Å². The van der Waals surface area contributed by atoms with Crippen LogP contribution in [0.25, 0.3) is 10.1 Å². The summed E-state index contributed by atoms with van der Waals surface area (Å²) in [6.45, 7) is 0. The summed E-state index contributed by atoms with van der Waals surface area (Å²) in [5.41, 5.74) is 0.267. The number of benzene rings is 1. The molecule has 1 aromatic heterocycles. The van der Waals surface area contributed by atoms with Gasteiger partial charge in [0, 0.05) is 15.5 Å². The monoisotopic (exact) mass is 322 g/mol. The number of fused-ring (bicyclic) bond motifs is 1. The molecular weight excluding hydrogens is 317 g/mol. The zero-order valence-corrected chi connectivity index (χ0v) is 9.84. The zero-order chi connectivity index (χ0) is 10.3. The summed E-state index contributed by atoms with van der Waals surface area (Å²) in [4.78, 5) is 0. The van der Waals surface area contributed by atoms with Gasteiger partial charge in [-0.25, -0.2) is 4.39 Å². The van der Waals surface area contributed by atoms with Crippen molar-refractivity contribution in [3.63, 3.8) is 0 Å². The normalized spacial score (nSPS) is 10.9. The Kier molecular flexibility index (Phi) is 2.78. The van der Waals surface area contributed by atoms with E-state index in [-0.39, 0.29) is 5.46 Å². The summed E-state index contributed by atoms with van der Waals surface area (Å²) in [7, 11) is -1.62. The van der Waals surface area contributed by atoms with E-state index < -0.39 is 12.9 Å². The molecule has 2 rings (SSSR count). The molecule has 0 unspecified atom stereocenters. The van der Waals surface area contributed by atoms with E-state index >= 15 is 0 Å². The summed E-state index contributed by atoms with van der Waals surface area (Å²) in [5, 5.41) is 18.5. The first-order valence-corrected chi connectivity index (χ1v) is 5.73. The standard InChI is InChI=1S/C8H5BFIO2S/c10-4-2-1-3-5-6(4)7(9(12)13)8(11)14-5/h1-3,12-13H. The van der Waals surface area contributed by atoms with Gasteiger partial charge in [0.1, 0.15) is 5.82 Å². The van der Waals surface area contributed by atoms with E-state index in [2.05, 4.69) is 0 Å². The van der Waals surface area contributed by atoms with Crippen LogP contribution in [0.5, 0.6) is 0 Å². The molecule has 14 heavy (non-hydrogen) atoms. The fourth-order valence-electron chi connectivity index (χ4n) is 1.33. The third-order valence-corrected chi connectivity index (χ3v) is 4.12. The molecule has 0 bridgehead atoms. The van der Waals surface area contributed by atoms with Gasteiger partial charge in [0.15, 0.2) is 0 Å². The number of thiophene rings is 1. The van der Waals surface area contributed by atoms with Crippen molar-refractivity contribution in [2.45, 2.75) is 0 Å². The van der Waals surface area contributed by atoms with E-state index in [1.807, 2.05) is 22.6 Å². The van der Waals surface area contributed by atoms with Gasteiger partial charge in [-0.1, -0.05) is 6.07 Å². The fraction of sp³-hybridized carbons (Fsp3) is 0. The average Bonchev–Trinajstić information content (AvgIpc) is 2.42. The Balaban J connectivity index is 2.86. The molecular formula is C8H5BFIO2S. The van der Waals surface area contributed by atoms with Crippen LogP contribution in [0.3, 0.4) is 0 Å². The Morgan fingerprint density at radius 2 is 2.07 bits per heavy atom. The summed E-state index contributed by atoms with van der Waals surface area (Å²) < 4.78 is 14.8. The van der Waals surface area contributed by atoms with Gasteiger partial charge in [0.25, 0.3) is 0 Å². The lowest BCUT2D eigenvalue weighted by Crippen LogP contribution is -2.31. The van der Waals surface area contributed by atoms with Crippen molar-refractivity contribution in [3.8, 4) is 0 Å². The van der Waals surface area contributed by atoms with Gasteiger partial charge in [0.05, 0.1) is 2.88 Å².